The molecule has 4 heterocycles. The second-order valence-corrected chi connectivity index (χ2v) is 17.3. The molecular weight excluding hydrogens is 833 g/mol. The van der Waals surface area contributed by atoms with E-state index >= 15 is 0 Å². The zero-order chi connectivity index (χ0) is 44.7. The first-order valence-electron chi connectivity index (χ1n) is 23.0. The lowest BCUT2D eigenvalue weighted by Gasteiger charge is -2.26. The number of aromatic nitrogens is 2. The van der Waals surface area contributed by atoms with Crippen molar-refractivity contribution in [1.82, 2.24) is 9.13 Å². The lowest BCUT2D eigenvalue weighted by atomic mass is 10.1. The zero-order valence-electron chi connectivity index (χ0n) is 36.7. The van der Waals surface area contributed by atoms with Gasteiger partial charge in [0.15, 0.2) is 0 Å². The molecule has 14 aromatic rings. The van der Waals surface area contributed by atoms with E-state index in [9.17, 15) is 0 Å². The molecule has 0 N–H and O–H groups in total. The number of para-hydroxylation sites is 6. The van der Waals surface area contributed by atoms with Gasteiger partial charge in [0, 0.05) is 95.3 Å². The molecule has 6 nitrogen and oxygen atoms in total. The van der Waals surface area contributed by atoms with Crippen LogP contribution in [0, 0.1) is 0 Å². The molecule has 68 heavy (non-hydrogen) atoms. The van der Waals surface area contributed by atoms with Gasteiger partial charge in [-0.05, 0) is 115 Å². The Morgan fingerprint density at radius 1 is 0.265 bits per heavy atom. The molecule has 0 amide bonds. The van der Waals surface area contributed by atoms with Gasteiger partial charge < -0.3 is 18.6 Å². The quantitative estimate of drug-likeness (QED) is 0.153. The second-order valence-electron chi connectivity index (χ2n) is 17.3. The zero-order valence-corrected chi connectivity index (χ0v) is 36.7. The van der Waals surface area contributed by atoms with Gasteiger partial charge in [-0.25, -0.2) is 0 Å². The van der Waals surface area contributed by atoms with Crippen LogP contribution in [0.5, 0.6) is 0 Å². The van der Waals surface area contributed by atoms with Crippen molar-refractivity contribution in [3.8, 4) is 11.4 Å². The standard InChI is InChI=1S/C62H40N4O2/c1-5-17-41(18-6-1)63(47-29-33-51-49-25-13-15-27-57(49)67-59(51)39-47)45-32-36-55-54(37-45)61-53-35-31-46(38-56(53)66(44-23-11-4-12-24-44)62(61)65(55)43-21-9-3-10-22-43)64(42-19-7-2-8-20-42)48-30-34-52-50-26-14-16-28-58(50)68-60(52)40-48/h1-40H. The highest BCUT2D eigenvalue weighted by atomic mass is 16.3. The van der Waals surface area contributed by atoms with Gasteiger partial charge in [0.2, 0.25) is 0 Å². The Labute approximate surface area is 390 Å². The molecule has 0 bridgehead atoms. The molecule has 0 radical (unpaired) electrons. The molecule has 0 unspecified atom stereocenters. The van der Waals surface area contributed by atoms with Gasteiger partial charge in [0.05, 0.1) is 11.0 Å². The summed E-state index contributed by atoms with van der Waals surface area (Å²) in [6, 6.07) is 86.2. The van der Waals surface area contributed by atoms with E-state index in [1.165, 1.54) is 5.39 Å². The molecule has 320 valence electrons. The normalized spacial score (nSPS) is 11.8. The number of fused-ring (bicyclic) bond motifs is 11. The summed E-state index contributed by atoms with van der Waals surface area (Å²) in [6.07, 6.45) is 0. The fourth-order valence-electron chi connectivity index (χ4n) is 10.5. The Kier molecular flexibility index (Phi) is 8.48. The summed E-state index contributed by atoms with van der Waals surface area (Å²) in [5.41, 5.74) is 15.1. The van der Waals surface area contributed by atoms with Crippen molar-refractivity contribution < 1.29 is 8.83 Å². The van der Waals surface area contributed by atoms with Crippen molar-refractivity contribution in [2.24, 2.45) is 0 Å². The summed E-state index contributed by atoms with van der Waals surface area (Å²) in [7, 11) is 0. The van der Waals surface area contributed by atoms with Crippen LogP contribution in [0.3, 0.4) is 0 Å². The molecule has 0 fully saturated rings. The van der Waals surface area contributed by atoms with E-state index in [1.807, 2.05) is 24.3 Å². The van der Waals surface area contributed by atoms with Crippen molar-refractivity contribution in [3.63, 3.8) is 0 Å². The number of hydrogen-bond donors (Lipinski definition) is 0. The summed E-state index contributed by atoms with van der Waals surface area (Å²) in [5.74, 6) is 0. The van der Waals surface area contributed by atoms with Crippen molar-refractivity contribution in [3.05, 3.63) is 243 Å². The lowest BCUT2D eigenvalue weighted by molar-refractivity contribution is 0.668. The molecule has 6 heteroatoms. The number of hydrogen-bond acceptors (Lipinski definition) is 4. The summed E-state index contributed by atoms with van der Waals surface area (Å²) in [4.78, 5) is 4.67. The van der Waals surface area contributed by atoms with Gasteiger partial charge in [-0.15, -0.1) is 0 Å². The third-order valence-electron chi connectivity index (χ3n) is 13.4. The van der Waals surface area contributed by atoms with Crippen molar-refractivity contribution in [1.29, 1.82) is 0 Å². The van der Waals surface area contributed by atoms with Crippen LogP contribution in [0.1, 0.15) is 0 Å². The first kappa shape index (κ1) is 38.1. The predicted octanol–water partition coefficient (Wildman–Crippen LogP) is 17.5. The number of benzene rings is 10. The molecule has 0 spiro atoms. The molecule has 0 saturated carbocycles. The van der Waals surface area contributed by atoms with E-state index in [0.29, 0.717) is 0 Å². The van der Waals surface area contributed by atoms with Gasteiger partial charge in [-0.2, -0.15) is 0 Å². The Balaban J connectivity index is 1.03. The van der Waals surface area contributed by atoms with Crippen LogP contribution in [0.4, 0.5) is 34.1 Å². The first-order valence-corrected chi connectivity index (χ1v) is 23.0. The minimum Gasteiger partial charge on any atom is -0.456 e. The van der Waals surface area contributed by atoms with Gasteiger partial charge in [-0.3, -0.25) is 9.13 Å². The van der Waals surface area contributed by atoms with Crippen LogP contribution >= 0.6 is 0 Å². The number of rotatable bonds is 8. The Bertz CT molecular complexity index is 4210. The van der Waals surface area contributed by atoms with E-state index in [-0.39, 0.29) is 0 Å². The summed E-state index contributed by atoms with van der Waals surface area (Å²) in [6.45, 7) is 0. The number of anilines is 6. The molecular formula is C62H40N4O2. The molecule has 0 saturated heterocycles. The van der Waals surface area contributed by atoms with E-state index < -0.39 is 0 Å². The first-order chi connectivity index (χ1) is 33.7. The Hall–Kier alpha value is -9.26. The summed E-state index contributed by atoms with van der Waals surface area (Å²) in [5, 5.41) is 7.90. The summed E-state index contributed by atoms with van der Waals surface area (Å²) >= 11 is 0. The number of nitrogens with zero attached hydrogens (tertiary/aromatic N) is 4. The summed E-state index contributed by atoms with van der Waals surface area (Å²) < 4.78 is 17.8. The third-order valence-corrected chi connectivity index (χ3v) is 13.4. The van der Waals surface area contributed by atoms with Crippen LogP contribution in [0.25, 0.3) is 88.1 Å². The largest absolute Gasteiger partial charge is 0.456 e. The molecule has 14 rings (SSSR count). The van der Waals surface area contributed by atoms with Crippen LogP contribution < -0.4 is 9.80 Å². The molecule has 0 atom stereocenters. The van der Waals surface area contributed by atoms with E-state index in [1.54, 1.807) is 0 Å². The average Bonchev–Trinajstić information content (AvgIpc) is 4.14. The maximum Gasteiger partial charge on any atom is 0.137 e. The van der Waals surface area contributed by atoms with Gasteiger partial charge >= 0.3 is 0 Å². The Morgan fingerprint density at radius 2 is 0.662 bits per heavy atom. The third kappa shape index (κ3) is 5.91. The van der Waals surface area contributed by atoms with E-state index in [0.717, 1.165) is 117 Å². The average molecular weight is 873 g/mol. The van der Waals surface area contributed by atoms with Crippen LogP contribution in [-0.2, 0) is 0 Å². The number of furan rings is 2. The van der Waals surface area contributed by atoms with Crippen molar-refractivity contribution in [2.45, 2.75) is 0 Å². The van der Waals surface area contributed by atoms with Crippen LogP contribution in [0.15, 0.2) is 251 Å². The minimum absolute atomic E-state index is 0.852. The fraction of sp³-hybridized carbons (Fsp3) is 0. The maximum absolute atomic E-state index is 6.46. The molecule has 0 aliphatic heterocycles. The monoisotopic (exact) mass is 872 g/mol. The molecule has 0 aliphatic rings. The molecule has 0 aliphatic carbocycles. The topological polar surface area (TPSA) is 42.6 Å². The van der Waals surface area contributed by atoms with Crippen LogP contribution in [-0.4, -0.2) is 9.13 Å². The Morgan fingerprint density at radius 3 is 1.19 bits per heavy atom. The highest BCUT2D eigenvalue weighted by Gasteiger charge is 2.26. The second kappa shape index (κ2) is 15.2. The highest BCUT2D eigenvalue weighted by Crippen LogP contribution is 2.47. The lowest BCUT2D eigenvalue weighted by Crippen LogP contribution is -2.10. The maximum atomic E-state index is 6.46. The van der Waals surface area contributed by atoms with Gasteiger partial charge in [0.1, 0.15) is 28.0 Å². The molecule has 4 aromatic heterocycles. The van der Waals surface area contributed by atoms with Gasteiger partial charge in [-0.1, -0.05) is 115 Å². The van der Waals surface area contributed by atoms with Gasteiger partial charge in [0.25, 0.3) is 0 Å². The fourth-order valence-corrected chi connectivity index (χ4v) is 10.5. The van der Waals surface area contributed by atoms with Crippen molar-refractivity contribution in [2.75, 3.05) is 9.80 Å². The van der Waals surface area contributed by atoms with Crippen molar-refractivity contribution >= 4 is 111 Å². The predicted molar refractivity (Wildman–Crippen MR) is 282 cm³/mol. The SMILES string of the molecule is c1ccc(N(c2ccc3c(c2)oc2ccccc23)c2ccc3c(c2)c2c4ccc(N(c5ccccc5)c5ccc6c(c5)oc5ccccc56)cc4n(-c4ccccc4)c2n3-c2ccccc2)cc1. The molecule has 10 aromatic carbocycles. The van der Waals surface area contributed by atoms with E-state index in [2.05, 4.69) is 237 Å². The smallest absolute Gasteiger partial charge is 0.137 e. The van der Waals surface area contributed by atoms with Crippen LogP contribution in [0.2, 0.25) is 0 Å². The highest BCUT2D eigenvalue weighted by molar-refractivity contribution is 6.23. The van der Waals surface area contributed by atoms with E-state index in [4.69, 9.17) is 8.83 Å². The minimum atomic E-state index is 0.852.